The summed E-state index contributed by atoms with van der Waals surface area (Å²) in [5.41, 5.74) is 0.499. The quantitative estimate of drug-likeness (QED) is 0.925. The lowest BCUT2D eigenvalue weighted by Gasteiger charge is -2.09. The summed E-state index contributed by atoms with van der Waals surface area (Å²) in [5.74, 6) is 0. The van der Waals surface area contributed by atoms with Gasteiger partial charge in [0.15, 0.2) is 0 Å². The van der Waals surface area contributed by atoms with Crippen LogP contribution in [0, 0.1) is 0 Å². The van der Waals surface area contributed by atoms with Gasteiger partial charge in [0.1, 0.15) is 5.15 Å². The Labute approximate surface area is 125 Å². The summed E-state index contributed by atoms with van der Waals surface area (Å²) in [7, 11) is 0. The molecule has 0 amide bonds. The standard InChI is InChI=1S/C14H14ClF3N2O/c1-2-4-12-11(8-21)13(15)20(19-12)10-6-3-5-9(7-10)14(16,17)18/h3,5-7,21H,2,4,8H2,1H3. The van der Waals surface area contributed by atoms with Crippen molar-refractivity contribution >= 4 is 11.6 Å². The largest absolute Gasteiger partial charge is 0.416 e. The van der Waals surface area contributed by atoms with Crippen molar-refractivity contribution in [1.82, 2.24) is 9.78 Å². The lowest BCUT2D eigenvalue weighted by molar-refractivity contribution is -0.137. The summed E-state index contributed by atoms with van der Waals surface area (Å²) in [6, 6.07) is 4.76. The summed E-state index contributed by atoms with van der Waals surface area (Å²) in [6.45, 7) is 1.64. The fourth-order valence-corrected chi connectivity index (χ4v) is 2.36. The van der Waals surface area contributed by atoms with Crippen LogP contribution in [0.3, 0.4) is 0 Å². The summed E-state index contributed by atoms with van der Waals surface area (Å²) >= 11 is 6.13. The smallest absolute Gasteiger partial charge is 0.391 e. The van der Waals surface area contributed by atoms with Crippen molar-refractivity contribution < 1.29 is 18.3 Å². The fourth-order valence-electron chi connectivity index (χ4n) is 2.05. The topological polar surface area (TPSA) is 38.0 Å². The van der Waals surface area contributed by atoms with Crippen LogP contribution in [-0.4, -0.2) is 14.9 Å². The van der Waals surface area contributed by atoms with Crippen LogP contribution in [0.4, 0.5) is 13.2 Å². The lowest BCUT2D eigenvalue weighted by Crippen LogP contribution is -2.06. The van der Waals surface area contributed by atoms with Gasteiger partial charge in [0, 0.05) is 5.56 Å². The van der Waals surface area contributed by atoms with Gasteiger partial charge in [-0.05, 0) is 24.6 Å². The van der Waals surface area contributed by atoms with Crippen LogP contribution in [0.15, 0.2) is 24.3 Å². The minimum absolute atomic E-state index is 0.139. The van der Waals surface area contributed by atoms with E-state index in [9.17, 15) is 18.3 Å². The van der Waals surface area contributed by atoms with Crippen molar-refractivity contribution in [2.45, 2.75) is 32.5 Å². The normalized spacial score (nSPS) is 11.9. The van der Waals surface area contributed by atoms with Gasteiger partial charge in [0.2, 0.25) is 0 Å². The van der Waals surface area contributed by atoms with Crippen molar-refractivity contribution in [3.05, 3.63) is 46.2 Å². The number of hydrogen-bond acceptors (Lipinski definition) is 2. The van der Waals surface area contributed by atoms with Crippen molar-refractivity contribution in [2.75, 3.05) is 0 Å². The molecule has 2 aromatic rings. The monoisotopic (exact) mass is 318 g/mol. The molecule has 0 radical (unpaired) electrons. The molecule has 114 valence electrons. The van der Waals surface area contributed by atoms with E-state index in [-0.39, 0.29) is 17.4 Å². The zero-order valence-corrected chi connectivity index (χ0v) is 12.0. The molecule has 7 heteroatoms. The van der Waals surface area contributed by atoms with E-state index in [4.69, 9.17) is 11.6 Å². The summed E-state index contributed by atoms with van der Waals surface area (Å²) in [6.07, 6.45) is -3.04. The Morgan fingerprint density at radius 3 is 2.62 bits per heavy atom. The molecule has 1 N–H and O–H groups in total. The molecule has 0 saturated carbocycles. The van der Waals surface area contributed by atoms with E-state index < -0.39 is 11.7 Å². The molecule has 0 aliphatic carbocycles. The lowest BCUT2D eigenvalue weighted by atomic mass is 10.2. The number of alkyl halides is 3. The third kappa shape index (κ3) is 3.22. The predicted octanol–water partition coefficient (Wildman–Crippen LogP) is 3.99. The Morgan fingerprint density at radius 1 is 1.33 bits per heavy atom. The number of benzene rings is 1. The third-order valence-electron chi connectivity index (χ3n) is 3.07. The van der Waals surface area contributed by atoms with Gasteiger partial charge in [0.05, 0.1) is 23.6 Å². The summed E-state index contributed by atoms with van der Waals surface area (Å²) in [4.78, 5) is 0. The van der Waals surface area contributed by atoms with E-state index in [2.05, 4.69) is 5.10 Å². The average Bonchev–Trinajstić information content (AvgIpc) is 2.75. The van der Waals surface area contributed by atoms with E-state index in [1.165, 1.54) is 16.8 Å². The van der Waals surface area contributed by atoms with Crippen molar-refractivity contribution in [2.24, 2.45) is 0 Å². The first-order chi connectivity index (χ1) is 9.88. The summed E-state index contributed by atoms with van der Waals surface area (Å²) in [5, 5.41) is 13.7. The van der Waals surface area contributed by atoms with Gasteiger partial charge < -0.3 is 5.11 Å². The van der Waals surface area contributed by atoms with Gasteiger partial charge in [0.25, 0.3) is 0 Å². The first-order valence-corrected chi connectivity index (χ1v) is 6.81. The number of rotatable bonds is 4. The number of aliphatic hydroxyl groups excluding tert-OH is 1. The van der Waals surface area contributed by atoms with E-state index in [1.807, 2.05) is 6.92 Å². The zero-order valence-electron chi connectivity index (χ0n) is 11.3. The second kappa shape index (κ2) is 6.07. The van der Waals surface area contributed by atoms with Gasteiger partial charge in [-0.2, -0.15) is 18.3 Å². The molecule has 1 aromatic carbocycles. The highest BCUT2D eigenvalue weighted by Crippen LogP contribution is 2.31. The van der Waals surface area contributed by atoms with Gasteiger partial charge in [-0.15, -0.1) is 0 Å². The molecule has 1 heterocycles. The number of aliphatic hydroxyl groups is 1. The minimum atomic E-state index is -4.43. The molecule has 3 nitrogen and oxygen atoms in total. The predicted molar refractivity (Wildman–Crippen MR) is 73.5 cm³/mol. The van der Waals surface area contributed by atoms with Crippen LogP contribution in [0.1, 0.15) is 30.2 Å². The van der Waals surface area contributed by atoms with Gasteiger partial charge in [-0.3, -0.25) is 0 Å². The number of aryl methyl sites for hydroxylation is 1. The maximum Gasteiger partial charge on any atom is 0.416 e. The number of halogens is 4. The van der Waals surface area contributed by atoms with Crippen LogP contribution >= 0.6 is 11.6 Å². The molecule has 0 spiro atoms. The molecular formula is C14H14ClF3N2O. The van der Waals surface area contributed by atoms with Crippen LogP contribution in [-0.2, 0) is 19.2 Å². The second-order valence-electron chi connectivity index (χ2n) is 4.58. The molecule has 0 bridgehead atoms. The van der Waals surface area contributed by atoms with Crippen LogP contribution < -0.4 is 0 Å². The Hall–Kier alpha value is -1.53. The van der Waals surface area contributed by atoms with Crippen molar-refractivity contribution in [3.8, 4) is 5.69 Å². The zero-order chi connectivity index (χ0) is 15.6. The van der Waals surface area contributed by atoms with Crippen molar-refractivity contribution in [1.29, 1.82) is 0 Å². The number of nitrogens with zero attached hydrogens (tertiary/aromatic N) is 2. The van der Waals surface area contributed by atoms with E-state index in [1.54, 1.807) is 0 Å². The Balaban J connectivity index is 2.52. The SMILES string of the molecule is CCCc1nn(-c2cccc(C(F)(F)F)c2)c(Cl)c1CO. The van der Waals surface area contributed by atoms with E-state index in [0.717, 1.165) is 18.6 Å². The molecule has 21 heavy (non-hydrogen) atoms. The van der Waals surface area contributed by atoms with Gasteiger partial charge in [-0.1, -0.05) is 31.0 Å². The molecule has 0 atom stereocenters. The molecule has 0 aliphatic rings. The molecule has 2 rings (SSSR count). The van der Waals surface area contributed by atoms with E-state index >= 15 is 0 Å². The van der Waals surface area contributed by atoms with Crippen molar-refractivity contribution in [3.63, 3.8) is 0 Å². The van der Waals surface area contributed by atoms with Crippen LogP contribution in [0.25, 0.3) is 5.69 Å². The first-order valence-electron chi connectivity index (χ1n) is 6.43. The van der Waals surface area contributed by atoms with Crippen LogP contribution in [0.2, 0.25) is 5.15 Å². The fraction of sp³-hybridized carbons (Fsp3) is 0.357. The average molecular weight is 319 g/mol. The highest BCUT2D eigenvalue weighted by Gasteiger charge is 2.30. The minimum Gasteiger partial charge on any atom is -0.391 e. The highest BCUT2D eigenvalue weighted by atomic mass is 35.5. The maximum atomic E-state index is 12.8. The molecule has 0 saturated heterocycles. The molecular weight excluding hydrogens is 305 g/mol. The Bertz CT molecular complexity index is 638. The summed E-state index contributed by atoms with van der Waals surface area (Å²) < 4.78 is 39.5. The molecule has 0 fully saturated rings. The molecule has 1 aromatic heterocycles. The Morgan fingerprint density at radius 2 is 2.05 bits per heavy atom. The first kappa shape index (κ1) is 15.9. The number of aromatic nitrogens is 2. The van der Waals surface area contributed by atoms with E-state index in [0.29, 0.717) is 17.7 Å². The molecule has 0 unspecified atom stereocenters. The maximum absolute atomic E-state index is 12.8. The third-order valence-corrected chi connectivity index (χ3v) is 3.46. The second-order valence-corrected chi connectivity index (χ2v) is 4.94. The van der Waals surface area contributed by atoms with Gasteiger partial charge in [-0.25, -0.2) is 4.68 Å². The van der Waals surface area contributed by atoms with Crippen LogP contribution in [0.5, 0.6) is 0 Å². The highest BCUT2D eigenvalue weighted by molar-refractivity contribution is 6.30. The number of hydrogen-bond donors (Lipinski definition) is 1. The van der Waals surface area contributed by atoms with Gasteiger partial charge >= 0.3 is 6.18 Å². The Kier molecular flexibility index (Phi) is 4.58. The molecule has 0 aliphatic heterocycles.